The van der Waals surface area contributed by atoms with Crippen LogP contribution in [0.15, 0.2) is 29.3 Å². The van der Waals surface area contributed by atoms with Crippen LogP contribution in [-0.4, -0.2) is 45.8 Å². The zero-order valence-electron chi connectivity index (χ0n) is 18.7. The van der Waals surface area contributed by atoms with Gasteiger partial charge in [-0.15, -0.1) is 0 Å². The lowest BCUT2D eigenvalue weighted by Gasteiger charge is -2.45. The summed E-state index contributed by atoms with van der Waals surface area (Å²) in [6.07, 6.45) is 8.24. The molecule has 172 valence electrons. The summed E-state index contributed by atoms with van der Waals surface area (Å²) >= 11 is 0. The van der Waals surface area contributed by atoms with Gasteiger partial charge in [0, 0.05) is 17.4 Å². The van der Waals surface area contributed by atoms with Gasteiger partial charge in [-0.2, -0.15) is 0 Å². The van der Waals surface area contributed by atoms with E-state index in [1.165, 1.54) is 12.8 Å². The predicted octanol–water partition coefficient (Wildman–Crippen LogP) is 4.00. The lowest BCUT2D eigenvalue weighted by atomic mass is 9.62. The van der Waals surface area contributed by atoms with Crippen molar-refractivity contribution in [1.29, 1.82) is 0 Å². The summed E-state index contributed by atoms with van der Waals surface area (Å²) in [6, 6.07) is 7.19. The molecule has 32 heavy (non-hydrogen) atoms. The Morgan fingerprint density at radius 3 is 2.66 bits per heavy atom. The van der Waals surface area contributed by atoms with Gasteiger partial charge in [0.1, 0.15) is 18.3 Å². The SMILES string of the molecule is [B]C1(C(=O)Nc2cccc([C@@]3(CF)N=C(N)O[C@@H]4CCOC[C@@H]43)c2)CCCCCCCC1. The highest BCUT2D eigenvalue weighted by Gasteiger charge is 2.50. The number of benzene rings is 1. The third-order valence-electron chi connectivity index (χ3n) is 7.26. The third kappa shape index (κ3) is 4.65. The van der Waals surface area contributed by atoms with Gasteiger partial charge < -0.3 is 20.5 Å². The summed E-state index contributed by atoms with van der Waals surface area (Å²) < 4.78 is 26.0. The molecular formula is C24H33BFN3O3. The zero-order chi connectivity index (χ0) is 22.6. The summed E-state index contributed by atoms with van der Waals surface area (Å²) in [5.41, 5.74) is 5.96. The van der Waals surface area contributed by atoms with E-state index in [-0.39, 0.29) is 24.0 Å². The van der Waals surface area contributed by atoms with E-state index in [1.54, 1.807) is 18.2 Å². The van der Waals surface area contributed by atoms with Crippen molar-refractivity contribution >= 4 is 25.5 Å². The van der Waals surface area contributed by atoms with Gasteiger partial charge in [0.05, 0.1) is 27.0 Å². The number of alkyl halides is 1. The monoisotopic (exact) mass is 441 g/mol. The molecule has 2 fully saturated rings. The number of aliphatic imine (C=N–C) groups is 1. The number of nitrogens with one attached hydrogen (secondary N) is 1. The Kier molecular flexibility index (Phi) is 7.08. The topological polar surface area (TPSA) is 85.9 Å². The molecule has 2 radical (unpaired) electrons. The number of amidine groups is 1. The van der Waals surface area contributed by atoms with Crippen molar-refractivity contribution in [3.05, 3.63) is 29.8 Å². The molecule has 2 aliphatic heterocycles. The number of carbonyl (C=O) groups is 1. The standard InChI is InChI=1S/C24H33BFN3O3/c25-23(11-5-3-1-2-4-6-12-23)21(30)28-18-9-7-8-17(14-18)24(16-26)19-15-31-13-10-20(19)32-22(27)29-24/h7-9,14,19-20H,1-6,10-13,15-16H2,(H2,27,29)(H,28,30)/t19-,20+,24+/m0/s1. The van der Waals surface area contributed by atoms with Gasteiger partial charge in [0.2, 0.25) is 5.91 Å². The van der Waals surface area contributed by atoms with Crippen molar-refractivity contribution in [2.75, 3.05) is 25.2 Å². The molecule has 3 N–H and O–H groups in total. The molecule has 1 aromatic rings. The molecule has 1 saturated heterocycles. The maximum absolute atomic E-state index is 14.7. The predicted molar refractivity (Wildman–Crippen MR) is 124 cm³/mol. The van der Waals surface area contributed by atoms with Crippen molar-refractivity contribution in [2.24, 2.45) is 16.6 Å². The molecular weight excluding hydrogens is 408 g/mol. The molecule has 3 aliphatic rings. The van der Waals surface area contributed by atoms with E-state index in [9.17, 15) is 9.18 Å². The Morgan fingerprint density at radius 1 is 1.22 bits per heavy atom. The fourth-order valence-electron chi connectivity index (χ4n) is 5.31. The van der Waals surface area contributed by atoms with E-state index in [0.29, 0.717) is 43.7 Å². The van der Waals surface area contributed by atoms with Crippen molar-refractivity contribution < 1.29 is 18.7 Å². The van der Waals surface area contributed by atoms with Crippen LogP contribution < -0.4 is 11.1 Å². The minimum atomic E-state index is -1.20. The second-order valence-electron chi connectivity index (χ2n) is 9.45. The van der Waals surface area contributed by atoms with Gasteiger partial charge in [-0.1, -0.05) is 50.7 Å². The molecule has 2 heterocycles. The third-order valence-corrected chi connectivity index (χ3v) is 7.26. The van der Waals surface area contributed by atoms with Crippen LogP contribution in [0.25, 0.3) is 0 Å². The fraction of sp³-hybridized carbons (Fsp3) is 0.667. The van der Waals surface area contributed by atoms with E-state index in [4.69, 9.17) is 23.1 Å². The molecule has 1 aliphatic carbocycles. The molecule has 8 heteroatoms. The first-order valence-electron chi connectivity index (χ1n) is 11.8. The van der Waals surface area contributed by atoms with Gasteiger partial charge in [-0.3, -0.25) is 4.79 Å². The zero-order valence-corrected chi connectivity index (χ0v) is 18.7. The van der Waals surface area contributed by atoms with E-state index in [1.807, 2.05) is 6.07 Å². The van der Waals surface area contributed by atoms with Gasteiger partial charge in [0.25, 0.3) is 6.02 Å². The number of nitrogens with two attached hydrogens (primary N) is 1. The Balaban J connectivity index is 1.58. The summed E-state index contributed by atoms with van der Waals surface area (Å²) in [4.78, 5) is 17.6. The van der Waals surface area contributed by atoms with Crippen molar-refractivity contribution in [3.8, 4) is 0 Å². The molecule has 3 atom stereocenters. The summed E-state index contributed by atoms with van der Waals surface area (Å²) in [5.74, 6) is -0.477. The van der Waals surface area contributed by atoms with Gasteiger partial charge in [-0.25, -0.2) is 9.38 Å². The second-order valence-corrected chi connectivity index (χ2v) is 9.45. The van der Waals surface area contributed by atoms with Gasteiger partial charge in [0.15, 0.2) is 0 Å². The number of halogens is 1. The van der Waals surface area contributed by atoms with E-state index in [0.717, 1.165) is 25.7 Å². The summed E-state index contributed by atoms with van der Waals surface area (Å²) in [7, 11) is 6.58. The van der Waals surface area contributed by atoms with E-state index >= 15 is 0 Å². The van der Waals surface area contributed by atoms with Crippen LogP contribution in [0.3, 0.4) is 0 Å². The maximum Gasteiger partial charge on any atom is 0.283 e. The molecule has 1 saturated carbocycles. The molecule has 0 spiro atoms. The van der Waals surface area contributed by atoms with Gasteiger partial charge >= 0.3 is 0 Å². The van der Waals surface area contributed by atoms with Crippen LogP contribution >= 0.6 is 0 Å². The summed E-state index contributed by atoms with van der Waals surface area (Å²) in [6.45, 7) is 0.152. The number of hydrogen-bond donors (Lipinski definition) is 2. The highest BCUT2D eigenvalue weighted by atomic mass is 19.1. The first-order valence-corrected chi connectivity index (χ1v) is 11.8. The molecule has 0 bridgehead atoms. The Hall–Kier alpha value is -2.09. The second kappa shape index (κ2) is 9.81. The molecule has 4 rings (SSSR count). The number of hydrogen-bond acceptors (Lipinski definition) is 5. The number of fused-ring (bicyclic) bond motifs is 1. The van der Waals surface area contributed by atoms with Crippen LogP contribution in [0.4, 0.5) is 10.1 Å². The summed E-state index contributed by atoms with van der Waals surface area (Å²) in [5, 5.41) is 2.11. The molecule has 6 nitrogen and oxygen atoms in total. The number of anilines is 1. The molecule has 0 aromatic heterocycles. The average Bonchev–Trinajstić information content (AvgIpc) is 2.91. The number of amides is 1. The first kappa shape index (κ1) is 23.1. The van der Waals surface area contributed by atoms with Crippen molar-refractivity contribution in [2.45, 2.75) is 74.7 Å². The minimum Gasteiger partial charge on any atom is -0.462 e. The van der Waals surface area contributed by atoms with Crippen LogP contribution in [0.1, 0.15) is 63.4 Å². The lowest BCUT2D eigenvalue weighted by molar-refractivity contribution is -0.119. The number of ether oxygens (including phenoxy) is 2. The smallest absolute Gasteiger partial charge is 0.283 e. The van der Waals surface area contributed by atoms with Crippen molar-refractivity contribution in [1.82, 2.24) is 0 Å². The van der Waals surface area contributed by atoms with E-state index < -0.39 is 17.5 Å². The lowest BCUT2D eigenvalue weighted by Crippen LogP contribution is -2.54. The van der Waals surface area contributed by atoms with E-state index in [2.05, 4.69) is 10.3 Å². The van der Waals surface area contributed by atoms with Crippen molar-refractivity contribution in [3.63, 3.8) is 0 Å². The Morgan fingerprint density at radius 2 is 1.94 bits per heavy atom. The molecule has 0 unspecified atom stereocenters. The Labute approximate surface area is 190 Å². The quantitative estimate of drug-likeness (QED) is 0.692. The molecule has 1 amide bonds. The number of carbonyl (C=O) groups excluding carboxylic acids is 1. The van der Waals surface area contributed by atoms with Crippen LogP contribution in [0.2, 0.25) is 5.31 Å². The van der Waals surface area contributed by atoms with Crippen LogP contribution in [-0.2, 0) is 19.8 Å². The van der Waals surface area contributed by atoms with Crippen LogP contribution in [0.5, 0.6) is 0 Å². The molecule has 1 aromatic carbocycles. The fourth-order valence-corrected chi connectivity index (χ4v) is 5.31. The normalized spacial score (nSPS) is 30.5. The maximum atomic E-state index is 14.7. The minimum absolute atomic E-state index is 0.00765. The number of nitrogens with zero attached hydrogens (tertiary/aromatic N) is 1. The van der Waals surface area contributed by atoms with Crippen LogP contribution in [0, 0.1) is 5.92 Å². The first-order chi connectivity index (χ1) is 15.5. The highest BCUT2D eigenvalue weighted by Crippen LogP contribution is 2.44. The van der Waals surface area contributed by atoms with Gasteiger partial charge in [-0.05, 0) is 30.5 Å². The average molecular weight is 441 g/mol. The largest absolute Gasteiger partial charge is 0.462 e. The Bertz CT molecular complexity index is 842. The highest BCUT2D eigenvalue weighted by molar-refractivity contribution is 6.30. The number of rotatable bonds is 4.